The summed E-state index contributed by atoms with van der Waals surface area (Å²) in [7, 11) is -4.24. The number of carboxylic acids is 2. The minimum absolute atomic E-state index is 0.0634. The number of carbonyl (C=O) groups is 4. The molecule has 37 heavy (non-hydrogen) atoms. The third kappa shape index (κ3) is 5.79. The van der Waals surface area contributed by atoms with Crippen LogP contribution >= 0.6 is 34.9 Å². The van der Waals surface area contributed by atoms with Crippen LogP contribution < -0.4 is 5.32 Å². The lowest BCUT2D eigenvalue weighted by molar-refractivity contribution is -0.152. The molecule has 1 fully saturated rings. The number of hydrogen-bond acceptors (Lipinski definition) is 12. The number of thiophene rings is 1. The minimum Gasteiger partial charge on any atom is -0.480 e. The monoisotopic (exact) mass is 590 g/mol. The van der Waals surface area contributed by atoms with E-state index in [9.17, 15) is 37.8 Å². The first-order chi connectivity index (χ1) is 17.5. The predicted octanol–water partition coefficient (Wildman–Crippen LogP) is -0.678. The fraction of sp³-hybridized carbons (Fsp3) is 0.389. The van der Waals surface area contributed by atoms with E-state index in [1.54, 1.807) is 11.4 Å². The summed E-state index contributed by atoms with van der Waals surface area (Å²) >= 11 is 3.32. The Morgan fingerprint density at radius 2 is 2.05 bits per heavy atom. The predicted molar refractivity (Wildman–Crippen MR) is 129 cm³/mol. The van der Waals surface area contributed by atoms with Crippen LogP contribution in [-0.4, -0.2) is 101 Å². The maximum Gasteiger partial charge on any atom is 0.352 e. The average molecular weight is 591 g/mol. The molecular weight excluding hydrogens is 572 g/mol. The van der Waals surface area contributed by atoms with Crippen LogP contribution in [0.3, 0.4) is 0 Å². The first-order valence-corrected chi connectivity index (χ1v) is 14.8. The van der Waals surface area contributed by atoms with Gasteiger partial charge in [-0.15, -0.1) is 28.2 Å². The van der Waals surface area contributed by atoms with Crippen LogP contribution in [0.25, 0.3) is 0 Å². The largest absolute Gasteiger partial charge is 0.480 e. The Labute approximate surface area is 221 Å². The molecule has 2 aromatic rings. The molecule has 2 aromatic heterocycles. The molecule has 4 N–H and O–H groups in total. The van der Waals surface area contributed by atoms with Crippen molar-refractivity contribution in [3.05, 3.63) is 33.7 Å². The Morgan fingerprint density at radius 3 is 2.68 bits per heavy atom. The van der Waals surface area contributed by atoms with Gasteiger partial charge in [-0.05, 0) is 27.4 Å². The van der Waals surface area contributed by atoms with Crippen LogP contribution in [-0.2, 0) is 35.8 Å². The average Bonchev–Trinajstić information content (AvgIpc) is 3.50. The van der Waals surface area contributed by atoms with E-state index in [0.717, 1.165) is 32.7 Å². The van der Waals surface area contributed by atoms with Gasteiger partial charge in [0.05, 0.1) is 12.3 Å². The van der Waals surface area contributed by atoms with E-state index >= 15 is 0 Å². The maximum absolute atomic E-state index is 12.9. The van der Waals surface area contributed by atoms with Crippen molar-refractivity contribution in [1.29, 1.82) is 0 Å². The van der Waals surface area contributed by atoms with E-state index in [1.165, 1.54) is 17.8 Å². The summed E-state index contributed by atoms with van der Waals surface area (Å²) in [6, 6.07) is 2.02. The van der Waals surface area contributed by atoms with Crippen LogP contribution in [0, 0.1) is 0 Å². The highest BCUT2D eigenvalue weighted by atomic mass is 32.2. The van der Waals surface area contributed by atoms with Gasteiger partial charge < -0.3 is 15.5 Å². The van der Waals surface area contributed by atoms with E-state index < -0.39 is 57.0 Å². The first kappa shape index (κ1) is 27.0. The summed E-state index contributed by atoms with van der Waals surface area (Å²) in [6.07, 6.45) is 0. The molecule has 0 bridgehead atoms. The molecule has 0 aromatic carbocycles. The van der Waals surface area contributed by atoms with Crippen molar-refractivity contribution < 1.29 is 42.4 Å². The molecule has 0 radical (unpaired) electrons. The minimum atomic E-state index is -4.24. The molecule has 19 heteroatoms. The number of nitrogens with one attached hydrogen (secondary N) is 1. The number of carbonyl (C=O) groups excluding carboxylic acids is 2. The Morgan fingerprint density at radius 1 is 1.30 bits per heavy atom. The van der Waals surface area contributed by atoms with Crippen molar-refractivity contribution in [1.82, 2.24) is 30.4 Å². The quantitative estimate of drug-likeness (QED) is 0.110. The fourth-order valence-corrected chi connectivity index (χ4v) is 7.25. The number of rotatable bonds is 11. The van der Waals surface area contributed by atoms with E-state index in [4.69, 9.17) is 4.55 Å². The van der Waals surface area contributed by atoms with Crippen LogP contribution in [0.4, 0.5) is 0 Å². The molecule has 0 aliphatic carbocycles. The Kier molecular flexibility index (Phi) is 7.88. The van der Waals surface area contributed by atoms with E-state index in [0.29, 0.717) is 10.5 Å². The molecule has 198 valence electrons. The fourth-order valence-electron chi connectivity index (χ4n) is 3.64. The molecule has 4 rings (SSSR count). The summed E-state index contributed by atoms with van der Waals surface area (Å²) < 4.78 is 32.0. The summed E-state index contributed by atoms with van der Waals surface area (Å²) in [5.41, 5.74) is 0.125. The Bertz CT molecular complexity index is 1370. The van der Waals surface area contributed by atoms with Crippen molar-refractivity contribution in [3.8, 4) is 0 Å². The number of nitrogens with zero attached hydrogens (tertiary/aromatic N) is 5. The van der Waals surface area contributed by atoms with Gasteiger partial charge in [-0.25, -0.2) is 9.48 Å². The van der Waals surface area contributed by atoms with Crippen LogP contribution in [0.5, 0.6) is 0 Å². The second kappa shape index (κ2) is 10.8. The zero-order valence-corrected chi connectivity index (χ0v) is 21.7. The van der Waals surface area contributed by atoms with E-state index in [1.807, 2.05) is 0 Å². The summed E-state index contributed by atoms with van der Waals surface area (Å²) in [6.45, 7) is -0.218. The summed E-state index contributed by atoms with van der Waals surface area (Å²) in [5.74, 6) is -6.13. The highest BCUT2D eigenvalue weighted by Gasteiger charge is 2.54. The van der Waals surface area contributed by atoms with E-state index in [-0.39, 0.29) is 28.9 Å². The van der Waals surface area contributed by atoms with Crippen LogP contribution in [0.15, 0.2) is 33.9 Å². The highest BCUT2D eigenvalue weighted by Crippen LogP contribution is 2.41. The number of β-lactam (4-membered cyclic amide) rings is 1. The Hall–Kier alpha value is -3.00. The molecule has 15 nitrogen and oxygen atoms in total. The van der Waals surface area contributed by atoms with Gasteiger partial charge in [-0.1, -0.05) is 17.8 Å². The lowest BCUT2D eigenvalue weighted by Gasteiger charge is -2.49. The van der Waals surface area contributed by atoms with Gasteiger partial charge in [-0.2, -0.15) is 8.42 Å². The SMILES string of the molecule is O=C(O)C1=C(CSc2nnnn2CCS(=O)(=O)O)CSC2C(NC(=O)C(C(=O)O)c3cccs3)C(=O)N12. The Balaban J connectivity index is 1.46. The summed E-state index contributed by atoms with van der Waals surface area (Å²) in [4.78, 5) is 50.6. The number of amides is 2. The van der Waals surface area contributed by atoms with Gasteiger partial charge in [0, 0.05) is 16.4 Å². The molecular formula is C18H18N6O9S4. The summed E-state index contributed by atoms with van der Waals surface area (Å²) in [5, 5.41) is 33.7. The number of thioether (sulfide) groups is 2. The lowest BCUT2D eigenvalue weighted by atomic mass is 10.0. The topological polar surface area (TPSA) is 222 Å². The second-order valence-corrected chi connectivity index (χ2v) is 12.3. The molecule has 4 heterocycles. The van der Waals surface area contributed by atoms with Crippen molar-refractivity contribution in [2.75, 3.05) is 17.3 Å². The number of carboxylic acid groups (broad SMARTS) is 2. The second-order valence-electron chi connectivity index (χ2n) is 7.70. The van der Waals surface area contributed by atoms with E-state index in [2.05, 4.69) is 20.8 Å². The molecule has 3 unspecified atom stereocenters. The molecule has 2 amide bonds. The normalized spacial score (nSPS) is 20.2. The maximum atomic E-state index is 12.9. The standard InChI is InChI=1S/C18H18N6O9S4/c25-13(10(16(27)28)9-2-1-4-34-9)19-11-14(26)24-12(17(29)30)8(6-35-15(11)24)7-36-18-20-21-22-23(18)3-5-37(31,32)33/h1-2,4,10-11,15H,3,5-7H2,(H,19,25)(H,27,28)(H,29,30)(H,31,32,33). The van der Waals surface area contributed by atoms with Crippen molar-refractivity contribution in [2.45, 2.75) is 29.0 Å². The third-order valence-electron chi connectivity index (χ3n) is 5.32. The highest BCUT2D eigenvalue weighted by molar-refractivity contribution is 8.01. The van der Waals surface area contributed by atoms with Gasteiger partial charge in [0.2, 0.25) is 11.1 Å². The van der Waals surface area contributed by atoms with Crippen molar-refractivity contribution in [2.24, 2.45) is 0 Å². The molecule has 0 spiro atoms. The van der Waals surface area contributed by atoms with Crippen molar-refractivity contribution in [3.63, 3.8) is 0 Å². The number of hydrogen-bond donors (Lipinski definition) is 4. The third-order valence-corrected chi connectivity index (χ3v) is 9.34. The van der Waals surface area contributed by atoms with Gasteiger partial charge in [0.1, 0.15) is 17.1 Å². The van der Waals surface area contributed by atoms with Gasteiger partial charge in [-0.3, -0.25) is 23.8 Å². The zero-order chi connectivity index (χ0) is 26.9. The molecule has 0 saturated carbocycles. The zero-order valence-electron chi connectivity index (χ0n) is 18.5. The van der Waals surface area contributed by atoms with Gasteiger partial charge in [0.15, 0.2) is 5.92 Å². The molecule has 1 saturated heterocycles. The van der Waals surface area contributed by atoms with Crippen LogP contribution in [0.2, 0.25) is 0 Å². The van der Waals surface area contributed by atoms with Gasteiger partial charge in [0.25, 0.3) is 16.0 Å². The number of tetrazole rings is 1. The molecule has 2 aliphatic rings. The molecule has 2 aliphatic heterocycles. The number of aliphatic carboxylic acids is 2. The van der Waals surface area contributed by atoms with Crippen LogP contribution in [0.1, 0.15) is 10.8 Å². The lowest BCUT2D eigenvalue weighted by Crippen LogP contribution is -2.71. The molecule has 3 atom stereocenters. The van der Waals surface area contributed by atoms with Crippen molar-refractivity contribution >= 4 is 68.7 Å². The number of aromatic nitrogens is 4. The van der Waals surface area contributed by atoms with Gasteiger partial charge >= 0.3 is 11.9 Å². The number of fused-ring (bicyclic) bond motifs is 1. The number of aryl methyl sites for hydroxylation is 1. The first-order valence-electron chi connectivity index (χ1n) is 10.3. The smallest absolute Gasteiger partial charge is 0.352 e.